The summed E-state index contributed by atoms with van der Waals surface area (Å²) < 4.78 is 1.11. The summed E-state index contributed by atoms with van der Waals surface area (Å²) >= 11 is 1.50. The van der Waals surface area contributed by atoms with Gasteiger partial charge in [0.25, 0.3) is 5.56 Å². The van der Waals surface area contributed by atoms with E-state index < -0.39 is 5.56 Å². The van der Waals surface area contributed by atoms with Crippen LogP contribution < -0.4 is 21.5 Å². The van der Waals surface area contributed by atoms with Crippen molar-refractivity contribution in [3.05, 3.63) is 58.2 Å². The van der Waals surface area contributed by atoms with E-state index in [0.29, 0.717) is 17.3 Å². The van der Waals surface area contributed by atoms with Crippen molar-refractivity contribution in [1.82, 2.24) is 9.78 Å². The fourth-order valence-electron chi connectivity index (χ4n) is 3.73. The molecule has 30 heavy (non-hydrogen) atoms. The van der Waals surface area contributed by atoms with Crippen molar-refractivity contribution >= 4 is 34.3 Å². The van der Waals surface area contributed by atoms with E-state index >= 15 is 0 Å². The number of carbonyl (C=O) groups excluding carboxylic acids is 1. The van der Waals surface area contributed by atoms with Gasteiger partial charge in [-0.15, -0.1) is 11.3 Å². The predicted molar refractivity (Wildman–Crippen MR) is 122 cm³/mol. The number of thiophene rings is 1. The standard InChI is InChI=1S/C22H25N5O2S/c1-15-4-2-10-26(13-15)17-8-6-16(7-9-17)24-21(28)14-27-22(29)18(23)12-19(25-27)20-5-3-11-30-20/h3,5-9,11-12,15H,2,4,10,13-14,23H2,1H3,(H,24,28)/t15-/m1/s1. The third kappa shape index (κ3) is 4.54. The molecular formula is C22H25N5O2S. The first kappa shape index (κ1) is 20.2. The van der Waals surface area contributed by atoms with Crippen molar-refractivity contribution in [3.8, 4) is 10.6 Å². The first-order chi connectivity index (χ1) is 14.5. The molecule has 3 heterocycles. The quantitative estimate of drug-likeness (QED) is 0.656. The summed E-state index contributed by atoms with van der Waals surface area (Å²) in [5.74, 6) is 0.369. The van der Waals surface area contributed by atoms with Crippen LogP contribution in [0.1, 0.15) is 19.8 Å². The second kappa shape index (κ2) is 8.71. The Bertz CT molecular complexity index is 1080. The smallest absolute Gasteiger partial charge is 0.290 e. The number of nitrogens with one attached hydrogen (secondary N) is 1. The van der Waals surface area contributed by atoms with Crippen LogP contribution in [0, 0.1) is 5.92 Å². The Balaban J connectivity index is 1.44. The van der Waals surface area contributed by atoms with E-state index in [1.54, 1.807) is 6.07 Å². The number of hydrogen-bond donors (Lipinski definition) is 2. The molecule has 1 amide bonds. The van der Waals surface area contributed by atoms with Crippen molar-refractivity contribution in [2.24, 2.45) is 5.92 Å². The van der Waals surface area contributed by atoms with Crippen LogP contribution in [-0.4, -0.2) is 28.8 Å². The first-order valence-corrected chi connectivity index (χ1v) is 10.9. The highest BCUT2D eigenvalue weighted by atomic mass is 32.1. The van der Waals surface area contributed by atoms with Gasteiger partial charge in [0.15, 0.2) is 0 Å². The minimum atomic E-state index is -0.472. The topological polar surface area (TPSA) is 93.2 Å². The van der Waals surface area contributed by atoms with Gasteiger partial charge in [-0.25, -0.2) is 4.68 Å². The van der Waals surface area contributed by atoms with Crippen LogP contribution in [0.25, 0.3) is 10.6 Å². The van der Waals surface area contributed by atoms with E-state index in [4.69, 9.17) is 5.73 Å². The monoisotopic (exact) mass is 423 g/mol. The van der Waals surface area contributed by atoms with Gasteiger partial charge in [-0.3, -0.25) is 9.59 Å². The number of carbonyl (C=O) groups is 1. The predicted octanol–water partition coefficient (Wildman–Crippen LogP) is 3.43. The molecule has 1 aliphatic heterocycles. The van der Waals surface area contributed by atoms with Gasteiger partial charge in [0, 0.05) is 24.5 Å². The van der Waals surface area contributed by atoms with Crippen molar-refractivity contribution < 1.29 is 4.79 Å². The Labute approximate surface area is 179 Å². The number of hydrogen-bond acceptors (Lipinski definition) is 6. The molecule has 4 rings (SSSR count). The second-order valence-electron chi connectivity index (χ2n) is 7.71. The number of rotatable bonds is 5. The first-order valence-electron chi connectivity index (χ1n) is 10.1. The lowest BCUT2D eigenvalue weighted by Gasteiger charge is -2.32. The summed E-state index contributed by atoms with van der Waals surface area (Å²) in [6, 6.07) is 13.2. The van der Waals surface area contributed by atoms with E-state index in [2.05, 4.69) is 22.2 Å². The molecule has 2 aromatic heterocycles. The molecule has 3 aromatic rings. The minimum absolute atomic E-state index is 0.0707. The van der Waals surface area contributed by atoms with Crippen LogP contribution in [0.15, 0.2) is 52.6 Å². The lowest BCUT2D eigenvalue weighted by atomic mass is 10.00. The molecule has 0 spiro atoms. The SMILES string of the molecule is C[C@@H]1CCCN(c2ccc(NC(=O)Cn3nc(-c4cccs4)cc(N)c3=O)cc2)C1. The molecule has 1 fully saturated rings. The molecule has 156 valence electrons. The zero-order valence-corrected chi connectivity index (χ0v) is 17.7. The summed E-state index contributed by atoms with van der Waals surface area (Å²) in [7, 11) is 0. The molecule has 3 N–H and O–H groups in total. The number of nitrogens with zero attached hydrogens (tertiary/aromatic N) is 3. The summed E-state index contributed by atoms with van der Waals surface area (Å²) in [6.45, 7) is 4.19. The molecule has 8 heteroatoms. The molecule has 0 bridgehead atoms. The van der Waals surface area contributed by atoms with Crippen molar-refractivity contribution in [1.29, 1.82) is 0 Å². The third-order valence-corrected chi connectivity index (χ3v) is 6.13. The lowest BCUT2D eigenvalue weighted by molar-refractivity contribution is -0.117. The molecule has 1 atom stereocenters. The number of nitrogens with two attached hydrogens (primary N) is 1. The van der Waals surface area contributed by atoms with E-state index in [9.17, 15) is 9.59 Å². The summed E-state index contributed by atoms with van der Waals surface area (Å²) in [5.41, 5.74) is 7.87. The summed E-state index contributed by atoms with van der Waals surface area (Å²) in [4.78, 5) is 28.1. The maximum atomic E-state index is 12.5. The van der Waals surface area contributed by atoms with Gasteiger partial charge in [-0.2, -0.15) is 5.10 Å². The number of benzene rings is 1. The van der Waals surface area contributed by atoms with E-state index in [1.165, 1.54) is 24.2 Å². The number of piperidine rings is 1. The minimum Gasteiger partial charge on any atom is -0.394 e. The summed E-state index contributed by atoms with van der Waals surface area (Å²) in [5, 5.41) is 9.06. The van der Waals surface area contributed by atoms with Gasteiger partial charge in [-0.1, -0.05) is 13.0 Å². The van der Waals surface area contributed by atoms with Crippen LogP contribution in [0.3, 0.4) is 0 Å². The Kier molecular flexibility index (Phi) is 5.85. The van der Waals surface area contributed by atoms with E-state index in [0.717, 1.165) is 28.3 Å². The van der Waals surface area contributed by atoms with Gasteiger partial charge < -0.3 is 16.0 Å². The Morgan fingerprint density at radius 2 is 2.10 bits per heavy atom. The van der Waals surface area contributed by atoms with Crippen molar-refractivity contribution in [3.63, 3.8) is 0 Å². The lowest BCUT2D eigenvalue weighted by Crippen LogP contribution is -2.34. The number of aromatic nitrogens is 2. The second-order valence-corrected chi connectivity index (χ2v) is 8.66. The highest BCUT2D eigenvalue weighted by Crippen LogP contribution is 2.25. The zero-order chi connectivity index (χ0) is 21.1. The van der Waals surface area contributed by atoms with Crippen LogP contribution in [0.5, 0.6) is 0 Å². The van der Waals surface area contributed by atoms with E-state index in [-0.39, 0.29) is 18.1 Å². The molecule has 0 aliphatic carbocycles. The van der Waals surface area contributed by atoms with Crippen LogP contribution in [-0.2, 0) is 11.3 Å². The average Bonchev–Trinajstić information content (AvgIpc) is 3.27. The Morgan fingerprint density at radius 1 is 1.30 bits per heavy atom. The highest BCUT2D eigenvalue weighted by molar-refractivity contribution is 7.13. The number of nitrogen functional groups attached to an aromatic ring is 1. The summed E-state index contributed by atoms with van der Waals surface area (Å²) in [6.07, 6.45) is 2.48. The molecule has 1 aliphatic rings. The molecule has 1 aromatic carbocycles. The molecular weight excluding hydrogens is 398 g/mol. The van der Waals surface area contributed by atoms with Gasteiger partial charge in [-0.05, 0) is 60.5 Å². The van der Waals surface area contributed by atoms with Crippen LogP contribution in [0.2, 0.25) is 0 Å². The average molecular weight is 424 g/mol. The number of amides is 1. The van der Waals surface area contributed by atoms with Crippen molar-refractivity contribution in [2.45, 2.75) is 26.3 Å². The Hall–Kier alpha value is -3.13. The molecule has 1 saturated heterocycles. The molecule has 0 radical (unpaired) electrons. The maximum absolute atomic E-state index is 12.5. The maximum Gasteiger partial charge on any atom is 0.290 e. The highest BCUT2D eigenvalue weighted by Gasteiger charge is 2.17. The molecule has 0 saturated carbocycles. The normalized spacial score (nSPS) is 16.4. The molecule has 0 unspecified atom stereocenters. The van der Waals surface area contributed by atoms with Crippen molar-refractivity contribution in [2.75, 3.05) is 29.0 Å². The fourth-order valence-corrected chi connectivity index (χ4v) is 4.41. The van der Waals surface area contributed by atoms with Gasteiger partial charge in [0.1, 0.15) is 17.9 Å². The van der Waals surface area contributed by atoms with Crippen LogP contribution >= 0.6 is 11.3 Å². The fraction of sp³-hybridized carbons (Fsp3) is 0.318. The Morgan fingerprint density at radius 3 is 2.80 bits per heavy atom. The van der Waals surface area contributed by atoms with Gasteiger partial charge in [0.2, 0.25) is 5.91 Å². The largest absolute Gasteiger partial charge is 0.394 e. The third-order valence-electron chi connectivity index (χ3n) is 5.24. The number of anilines is 3. The molecule has 7 nitrogen and oxygen atoms in total. The van der Waals surface area contributed by atoms with E-state index in [1.807, 2.05) is 41.8 Å². The van der Waals surface area contributed by atoms with Gasteiger partial charge in [0.05, 0.1) is 4.88 Å². The van der Waals surface area contributed by atoms with Gasteiger partial charge >= 0.3 is 0 Å². The zero-order valence-electron chi connectivity index (χ0n) is 16.9. The van der Waals surface area contributed by atoms with Crippen LogP contribution in [0.4, 0.5) is 17.1 Å².